The van der Waals surface area contributed by atoms with Crippen LogP contribution < -0.4 is 0 Å². The van der Waals surface area contributed by atoms with Crippen molar-refractivity contribution in [3.63, 3.8) is 0 Å². The third-order valence-corrected chi connectivity index (χ3v) is 6.30. The third kappa shape index (κ3) is 5.52. The first-order valence-corrected chi connectivity index (χ1v) is 9.84. The fourth-order valence-electron chi connectivity index (χ4n) is 4.80. The molecule has 23 heavy (non-hydrogen) atoms. The molecule has 0 nitrogen and oxygen atoms in total. The SMILES string of the molecule is C=CCCC1CCC(C2CCC(/C(C=C)=C/C=C/C)CC2)CC1. The molecule has 2 saturated carbocycles. The van der Waals surface area contributed by atoms with Gasteiger partial charge in [0, 0.05) is 0 Å². The Morgan fingerprint density at radius 2 is 1.52 bits per heavy atom. The highest BCUT2D eigenvalue weighted by Crippen LogP contribution is 2.43. The monoisotopic (exact) mass is 312 g/mol. The first-order valence-electron chi connectivity index (χ1n) is 9.84. The summed E-state index contributed by atoms with van der Waals surface area (Å²) < 4.78 is 0. The maximum absolute atomic E-state index is 4.02. The Kier molecular flexibility index (Phi) is 7.92. The summed E-state index contributed by atoms with van der Waals surface area (Å²) in [6, 6.07) is 0. The van der Waals surface area contributed by atoms with Gasteiger partial charge < -0.3 is 0 Å². The van der Waals surface area contributed by atoms with Crippen LogP contribution in [0.5, 0.6) is 0 Å². The number of hydrogen-bond donors (Lipinski definition) is 0. The number of allylic oxidation sites excluding steroid dienone is 6. The molecule has 128 valence electrons. The van der Waals surface area contributed by atoms with Crippen LogP contribution in [0.1, 0.15) is 71.1 Å². The van der Waals surface area contributed by atoms with Crippen molar-refractivity contribution in [2.24, 2.45) is 23.7 Å². The molecule has 0 spiro atoms. The molecule has 0 aliphatic heterocycles. The lowest BCUT2D eigenvalue weighted by atomic mass is 9.68. The van der Waals surface area contributed by atoms with Crippen LogP contribution in [-0.4, -0.2) is 0 Å². The largest absolute Gasteiger partial charge is 0.103 e. The minimum absolute atomic E-state index is 0.754. The minimum atomic E-state index is 0.754. The predicted octanol–water partition coefficient (Wildman–Crippen LogP) is 7.25. The summed E-state index contributed by atoms with van der Waals surface area (Å²) in [6.45, 7) is 9.97. The standard InChI is InChI=1S/C23H36/c1-4-7-9-19-11-13-22(14-12-19)23-17-15-21(16-18-23)20(6-3)10-8-5-2/h4-6,8,10,19,21-23H,1,3,7,9,11-18H2,2H3/b8-5+,20-10+. The van der Waals surface area contributed by atoms with Gasteiger partial charge in [0.25, 0.3) is 0 Å². The van der Waals surface area contributed by atoms with Crippen molar-refractivity contribution in [1.29, 1.82) is 0 Å². The molecule has 0 radical (unpaired) electrons. The summed E-state index contributed by atoms with van der Waals surface area (Å²) in [4.78, 5) is 0. The zero-order valence-corrected chi connectivity index (χ0v) is 15.2. The van der Waals surface area contributed by atoms with Crippen LogP contribution in [-0.2, 0) is 0 Å². The summed E-state index contributed by atoms with van der Waals surface area (Å²) >= 11 is 0. The fraction of sp³-hybridized carbons (Fsp3) is 0.652. The molecule has 0 bridgehead atoms. The van der Waals surface area contributed by atoms with E-state index < -0.39 is 0 Å². The van der Waals surface area contributed by atoms with Gasteiger partial charge in [-0.1, -0.05) is 49.8 Å². The molecule has 0 amide bonds. The molecule has 2 aliphatic rings. The normalized spacial score (nSPS) is 32.8. The smallest absolute Gasteiger partial charge is 0.0162 e. The number of hydrogen-bond acceptors (Lipinski definition) is 0. The van der Waals surface area contributed by atoms with Crippen molar-refractivity contribution in [2.75, 3.05) is 0 Å². The van der Waals surface area contributed by atoms with Crippen LogP contribution in [0.3, 0.4) is 0 Å². The second-order valence-corrected chi connectivity index (χ2v) is 7.66. The van der Waals surface area contributed by atoms with Crippen LogP contribution in [0.25, 0.3) is 0 Å². The first kappa shape index (κ1) is 18.3. The molecule has 0 unspecified atom stereocenters. The van der Waals surface area contributed by atoms with Gasteiger partial charge in [-0.05, 0) is 87.5 Å². The van der Waals surface area contributed by atoms with E-state index in [1.54, 1.807) is 0 Å². The topological polar surface area (TPSA) is 0 Å². The van der Waals surface area contributed by atoms with Gasteiger partial charge >= 0.3 is 0 Å². The minimum Gasteiger partial charge on any atom is -0.103 e. The Labute approximate surface area is 144 Å². The molecular formula is C23H36. The molecule has 0 heteroatoms. The molecule has 0 aromatic rings. The van der Waals surface area contributed by atoms with Crippen LogP contribution in [0.2, 0.25) is 0 Å². The van der Waals surface area contributed by atoms with Crippen molar-refractivity contribution < 1.29 is 0 Å². The first-order chi connectivity index (χ1) is 11.3. The van der Waals surface area contributed by atoms with E-state index in [0.717, 1.165) is 23.7 Å². The molecule has 0 N–H and O–H groups in total. The summed E-state index contributed by atoms with van der Waals surface area (Å²) in [5, 5.41) is 0. The van der Waals surface area contributed by atoms with Crippen LogP contribution >= 0.6 is 0 Å². The van der Waals surface area contributed by atoms with Gasteiger partial charge in [-0.3, -0.25) is 0 Å². The van der Waals surface area contributed by atoms with Crippen molar-refractivity contribution >= 4 is 0 Å². The van der Waals surface area contributed by atoms with Gasteiger partial charge in [0.2, 0.25) is 0 Å². The summed E-state index contributed by atoms with van der Waals surface area (Å²) in [6.07, 6.45) is 24.8. The summed E-state index contributed by atoms with van der Waals surface area (Å²) in [5.74, 6) is 3.75. The maximum atomic E-state index is 4.02. The third-order valence-electron chi connectivity index (χ3n) is 6.30. The second kappa shape index (κ2) is 9.96. The summed E-state index contributed by atoms with van der Waals surface area (Å²) in [5.41, 5.74) is 1.45. The van der Waals surface area contributed by atoms with E-state index in [9.17, 15) is 0 Å². The van der Waals surface area contributed by atoms with Crippen LogP contribution in [0.15, 0.2) is 49.1 Å². The Hall–Kier alpha value is -1.04. The Bertz CT molecular complexity index is 409. The van der Waals surface area contributed by atoms with E-state index >= 15 is 0 Å². The van der Waals surface area contributed by atoms with Crippen molar-refractivity contribution in [3.05, 3.63) is 49.1 Å². The molecule has 0 aromatic heterocycles. The molecule has 0 saturated heterocycles. The maximum Gasteiger partial charge on any atom is -0.0162 e. The van der Waals surface area contributed by atoms with E-state index in [1.165, 1.54) is 69.8 Å². The van der Waals surface area contributed by atoms with Gasteiger partial charge in [-0.25, -0.2) is 0 Å². The van der Waals surface area contributed by atoms with E-state index in [0.29, 0.717) is 0 Å². The lowest BCUT2D eigenvalue weighted by Gasteiger charge is -2.38. The molecule has 0 aromatic carbocycles. The van der Waals surface area contributed by atoms with Gasteiger partial charge in [0.05, 0.1) is 0 Å². The van der Waals surface area contributed by atoms with E-state index in [4.69, 9.17) is 0 Å². The lowest BCUT2D eigenvalue weighted by molar-refractivity contribution is 0.151. The van der Waals surface area contributed by atoms with Crippen molar-refractivity contribution in [3.8, 4) is 0 Å². The molecule has 0 heterocycles. The van der Waals surface area contributed by atoms with Gasteiger partial charge in [0.15, 0.2) is 0 Å². The van der Waals surface area contributed by atoms with Crippen LogP contribution in [0, 0.1) is 23.7 Å². The average molecular weight is 313 g/mol. The second-order valence-electron chi connectivity index (χ2n) is 7.66. The molecular weight excluding hydrogens is 276 g/mol. The molecule has 0 atom stereocenters. The van der Waals surface area contributed by atoms with E-state index in [-0.39, 0.29) is 0 Å². The highest BCUT2D eigenvalue weighted by atomic mass is 14.4. The van der Waals surface area contributed by atoms with E-state index in [1.807, 2.05) is 0 Å². The zero-order chi connectivity index (χ0) is 16.5. The Balaban J connectivity index is 1.77. The van der Waals surface area contributed by atoms with Crippen molar-refractivity contribution in [1.82, 2.24) is 0 Å². The Morgan fingerprint density at radius 1 is 0.913 bits per heavy atom. The highest BCUT2D eigenvalue weighted by Gasteiger charge is 2.31. The fourth-order valence-corrected chi connectivity index (χ4v) is 4.80. The van der Waals surface area contributed by atoms with Gasteiger partial charge in [-0.15, -0.1) is 6.58 Å². The summed E-state index contributed by atoms with van der Waals surface area (Å²) in [7, 11) is 0. The molecule has 2 fully saturated rings. The zero-order valence-electron chi connectivity index (χ0n) is 15.2. The van der Waals surface area contributed by atoms with Crippen LogP contribution in [0.4, 0.5) is 0 Å². The predicted molar refractivity (Wildman–Crippen MR) is 103 cm³/mol. The highest BCUT2D eigenvalue weighted by molar-refractivity contribution is 5.25. The quantitative estimate of drug-likeness (QED) is 0.343. The number of rotatable bonds is 7. The molecule has 2 aliphatic carbocycles. The van der Waals surface area contributed by atoms with E-state index in [2.05, 4.69) is 50.5 Å². The van der Waals surface area contributed by atoms with Gasteiger partial charge in [0.1, 0.15) is 0 Å². The lowest BCUT2D eigenvalue weighted by Crippen LogP contribution is -2.26. The molecule has 2 rings (SSSR count). The Morgan fingerprint density at radius 3 is 2.04 bits per heavy atom. The van der Waals surface area contributed by atoms with Gasteiger partial charge in [-0.2, -0.15) is 0 Å². The average Bonchev–Trinajstić information content (AvgIpc) is 2.61. The van der Waals surface area contributed by atoms with Crippen molar-refractivity contribution in [2.45, 2.75) is 71.1 Å².